The minimum absolute atomic E-state index is 0.0821. The van der Waals surface area contributed by atoms with Gasteiger partial charge in [-0.3, -0.25) is 0 Å². The summed E-state index contributed by atoms with van der Waals surface area (Å²) in [5, 5.41) is 0. The van der Waals surface area contributed by atoms with Crippen LogP contribution in [0.5, 0.6) is 0 Å². The zero-order chi connectivity index (χ0) is 10.8. The van der Waals surface area contributed by atoms with E-state index in [1.54, 1.807) is 0 Å². The third-order valence-electron chi connectivity index (χ3n) is 1.60. The number of methoxy groups -OCH3 is 1. The summed E-state index contributed by atoms with van der Waals surface area (Å²) in [5.74, 6) is -1.22. The second-order valence-electron chi connectivity index (χ2n) is 2.70. The van der Waals surface area contributed by atoms with Crippen molar-refractivity contribution in [2.45, 2.75) is 4.90 Å². The van der Waals surface area contributed by atoms with E-state index in [1.165, 1.54) is 19.2 Å². The van der Waals surface area contributed by atoms with Crippen molar-refractivity contribution in [3.8, 4) is 0 Å². The van der Waals surface area contributed by atoms with Crippen LogP contribution < -0.4 is 5.73 Å². The number of hydrogen-bond donors (Lipinski definition) is 1. The standard InChI is InChI=1S/C8H10FNO3S/c1-13-5-14(11,12)6-2-3-8(10)7(9)4-6/h2-4H,5,10H2,1H3. The molecule has 1 aromatic rings. The largest absolute Gasteiger partial charge is 0.396 e. The summed E-state index contributed by atoms with van der Waals surface area (Å²) in [6.07, 6.45) is 0. The number of nitrogen functional groups attached to an aromatic ring is 1. The molecule has 1 rings (SSSR count). The van der Waals surface area contributed by atoms with Gasteiger partial charge in [-0.1, -0.05) is 0 Å². The lowest BCUT2D eigenvalue weighted by Crippen LogP contribution is -2.08. The van der Waals surface area contributed by atoms with Gasteiger partial charge >= 0.3 is 0 Å². The molecule has 0 atom stereocenters. The normalized spacial score (nSPS) is 11.6. The van der Waals surface area contributed by atoms with Crippen molar-refractivity contribution in [2.24, 2.45) is 0 Å². The van der Waals surface area contributed by atoms with E-state index in [0.29, 0.717) is 0 Å². The zero-order valence-corrected chi connectivity index (χ0v) is 8.34. The number of hydrogen-bond acceptors (Lipinski definition) is 4. The van der Waals surface area contributed by atoms with Crippen LogP contribution in [0.4, 0.5) is 10.1 Å². The van der Waals surface area contributed by atoms with E-state index in [0.717, 1.165) is 6.07 Å². The van der Waals surface area contributed by atoms with Crippen molar-refractivity contribution in [3.05, 3.63) is 24.0 Å². The minimum atomic E-state index is -3.57. The molecule has 0 aliphatic rings. The van der Waals surface area contributed by atoms with Crippen LogP contribution in [0.3, 0.4) is 0 Å². The smallest absolute Gasteiger partial charge is 0.202 e. The second-order valence-corrected chi connectivity index (χ2v) is 4.64. The molecule has 0 saturated carbocycles. The van der Waals surface area contributed by atoms with Crippen molar-refractivity contribution in [1.82, 2.24) is 0 Å². The van der Waals surface area contributed by atoms with Gasteiger partial charge in [0.25, 0.3) is 0 Å². The Morgan fingerprint density at radius 2 is 2.14 bits per heavy atom. The van der Waals surface area contributed by atoms with E-state index in [4.69, 9.17) is 5.73 Å². The van der Waals surface area contributed by atoms with Crippen molar-refractivity contribution in [1.29, 1.82) is 0 Å². The quantitative estimate of drug-likeness (QED) is 0.763. The summed E-state index contributed by atoms with van der Waals surface area (Å²) >= 11 is 0. The molecule has 0 heterocycles. The Morgan fingerprint density at radius 1 is 1.50 bits per heavy atom. The highest BCUT2D eigenvalue weighted by atomic mass is 32.2. The molecule has 14 heavy (non-hydrogen) atoms. The average molecular weight is 219 g/mol. The highest BCUT2D eigenvalue weighted by Crippen LogP contribution is 2.17. The highest BCUT2D eigenvalue weighted by molar-refractivity contribution is 7.91. The van der Waals surface area contributed by atoms with Gasteiger partial charge in [0.2, 0.25) is 9.84 Å². The predicted octanol–water partition coefficient (Wildman–Crippen LogP) is 0.786. The number of nitrogens with two attached hydrogens (primary N) is 1. The molecule has 4 nitrogen and oxygen atoms in total. The molecule has 2 N–H and O–H groups in total. The summed E-state index contributed by atoms with van der Waals surface area (Å²) in [4.78, 5) is -0.133. The van der Waals surface area contributed by atoms with Crippen LogP contribution in [0.15, 0.2) is 23.1 Å². The lowest BCUT2D eigenvalue weighted by Gasteiger charge is -2.03. The van der Waals surface area contributed by atoms with Crippen molar-refractivity contribution in [3.63, 3.8) is 0 Å². The summed E-state index contributed by atoms with van der Waals surface area (Å²) in [5.41, 5.74) is 5.12. The number of sulfone groups is 1. The maximum Gasteiger partial charge on any atom is 0.202 e. The van der Waals surface area contributed by atoms with E-state index in [-0.39, 0.29) is 10.6 Å². The molecule has 0 amide bonds. The number of halogens is 1. The van der Waals surface area contributed by atoms with Crippen molar-refractivity contribution >= 4 is 15.5 Å². The van der Waals surface area contributed by atoms with Gasteiger partial charge in [-0.05, 0) is 18.2 Å². The molecular weight excluding hydrogens is 209 g/mol. The predicted molar refractivity (Wildman–Crippen MR) is 49.9 cm³/mol. The summed E-state index contributed by atoms with van der Waals surface area (Å²) in [6.45, 7) is 0. The molecule has 0 aromatic heterocycles. The van der Waals surface area contributed by atoms with E-state index in [9.17, 15) is 12.8 Å². The topological polar surface area (TPSA) is 69.4 Å². The van der Waals surface area contributed by atoms with Gasteiger partial charge < -0.3 is 10.5 Å². The van der Waals surface area contributed by atoms with Gasteiger partial charge in [-0.25, -0.2) is 12.8 Å². The summed E-state index contributed by atoms with van der Waals surface area (Å²) < 4.78 is 40.1. The molecule has 6 heteroatoms. The van der Waals surface area contributed by atoms with Crippen LogP contribution in [0.1, 0.15) is 0 Å². The molecule has 0 unspecified atom stereocenters. The number of rotatable bonds is 3. The molecule has 0 radical (unpaired) electrons. The second kappa shape index (κ2) is 3.93. The fraction of sp³-hybridized carbons (Fsp3) is 0.250. The van der Waals surface area contributed by atoms with Crippen LogP contribution in [0.25, 0.3) is 0 Å². The first kappa shape index (κ1) is 10.9. The van der Waals surface area contributed by atoms with E-state index >= 15 is 0 Å². The van der Waals surface area contributed by atoms with Crippen molar-refractivity contribution < 1.29 is 17.5 Å². The molecule has 0 aliphatic carbocycles. The van der Waals surface area contributed by atoms with Crippen LogP contribution in [-0.2, 0) is 14.6 Å². The van der Waals surface area contributed by atoms with E-state index in [1.807, 2.05) is 0 Å². The van der Waals surface area contributed by atoms with Crippen LogP contribution in [0, 0.1) is 5.82 Å². The van der Waals surface area contributed by atoms with Crippen LogP contribution in [0.2, 0.25) is 0 Å². The molecule has 0 spiro atoms. The van der Waals surface area contributed by atoms with Gasteiger partial charge in [0.15, 0.2) is 5.94 Å². The summed E-state index contributed by atoms with van der Waals surface area (Å²) in [7, 11) is -2.31. The first-order valence-electron chi connectivity index (χ1n) is 3.74. The minimum Gasteiger partial charge on any atom is -0.396 e. The number of anilines is 1. The maximum atomic E-state index is 12.9. The molecule has 0 bridgehead atoms. The fourth-order valence-corrected chi connectivity index (χ4v) is 1.93. The fourth-order valence-electron chi connectivity index (χ4n) is 0.925. The molecule has 0 aliphatic heterocycles. The monoisotopic (exact) mass is 219 g/mol. The lowest BCUT2D eigenvalue weighted by molar-refractivity contribution is 0.249. The van der Waals surface area contributed by atoms with Crippen LogP contribution in [-0.4, -0.2) is 21.5 Å². The third kappa shape index (κ3) is 2.21. The van der Waals surface area contributed by atoms with Crippen LogP contribution >= 0.6 is 0 Å². The van der Waals surface area contributed by atoms with Gasteiger partial charge in [0, 0.05) is 7.11 Å². The van der Waals surface area contributed by atoms with E-state index in [2.05, 4.69) is 4.74 Å². The lowest BCUT2D eigenvalue weighted by atomic mass is 10.3. The van der Waals surface area contributed by atoms with E-state index < -0.39 is 21.6 Å². The SMILES string of the molecule is COCS(=O)(=O)c1ccc(N)c(F)c1. The Morgan fingerprint density at radius 3 is 2.64 bits per heavy atom. The maximum absolute atomic E-state index is 12.9. The average Bonchev–Trinajstić information content (AvgIpc) is 2.09. The first-order chi connectivity index (χ1) is 6.47. The Balaban J connectivity index is 3.15. The number of ether oxygens (including phenoxy) is 1. The van der Waals surface area contributed by atoms with Gasteiger partial charge in [0.1, 0.15) is 5.82 Å². The van der Waals surface area contributed by atoms with Gasteiger partial charge in [0.05, 0.1) is 10.6 Å². The Labute approximate surface area is 81.4 Å². The first-order valence-corrected chi connectivity index (χ1v) is 5.39. The summed E-state index contributed by atoms with van der Waals surface area (Å²) in [6, 6.07) is 3.33. The molecule has 0 saturated heterocycles. The molecule has 78 valence electrons. The molecular formula is C8H10FNO3S. The number of benzene rings is 1. The Kier molecular flexibility index (Phi) is 3.07. The van der Waals surface area contributed by atoms with Crippen molar-refractivity contribution in [2.75, 3.05) is 18.8 Å². The van der Waals surface area contributed by atoms with Gasteiger partial charge in [-0.2, -0.15) is 0 Å². The Bertz CT molecular complexity index is 430. The zero-order valence-electron chi connectivity index (χ0n) is 7.53. The van der Waals surface area contributed by atoms with Gasteiger partial charge in [-0.15, -0.1) is 0 Å². The Hall–Kier alpha value is -1.14. The molecule has 1 aromatic carbocycles. The third-order valence-corrected chi connectivity index (χ3v) is 3.12. The highest BCUT2D eigenvalue weighted by Gasteiger charge is 2.15. The molecule has 0 fully saturated rings.